The molecule has 3 aromatic rings. The number of ketones is 1. The third-order valence-corrected chi connectivity index (χ3v) is 7.39. The van der Waals surface area contributed by atoms with Gasteiger partial charge in [-0.25, -0.2) is 4.98 Å². The molecule has 5 rings (SSSR count). The zero-order valence-corrected chi connectivity index (χ0v) is 20.6. The van der Waals surface area contributed by atoms with Gasteiger partial charge in [-0.05, 0) is 83.4 Å². The van der Waals surface area contributed by atoms with Crippen molar-refractivity contribution in [1.82, 2.24) is 20.2 Å². The lowest BCUT2D eigenvalue weighted by Gasteiger charge is -2.26. The number of fused-ring (bicyclic) bond motifs is 1. The minimum Gasteiger partial charge on any atom is -0.382 e. The van der Waals surface area contributed by atoms with E-state index >= 15 is 0 Å². The molecule has 0 bridgehead atoms. The molecule has 2 aliphatic heterocycles. The number of carbonyl (C=O) groups excluding carboxylic acids is 1. The Morgan fingerprint density at radius 3 is 2.63 bits per heavy atom. The molecule has 0 aliphatic carbocycles. The number of nitrogens with zero attached hydrogens (tertiary/aromatic N) is 3. The second kappa shape index (κ2) is 11.7. The molecule has 2 aliphatic rings. The van der Waals surface area contributed by atoms with Crippen LogP contribution < -0.4 is 10.6 Å². The predicted molar refractivity (Wildman–Crippen MR) is 143 cm³/mol. The fourth-order valence-corrected chi connectivity index (χ4v) is 5.30. The van der Waals surface area contributed by atoms with Crippen molar-refractivity contribution in [3.05, 3.63) is 54.4 Å². The van der Waals surface area contributed by atoms with Crippen molar-refractivity contribution in [2.24, 2.45) is 0 Å². The number of aromatic nitrogens is 2. The van der Waals surface area contributed by atoms with E-state index in [1.165, 1.54) is 32.4 Å². The Balaban J connectivity index is 1.24. The van der Waals surface area contributed by atoms with Crippen molar-refractivity contribution < 1.29 is 4.79 Å². The number of rotatable bonds is 9. The minimum atomic E-state index is 0.237. The van der Waals surface area contributed by atoms with Crippen LogP contribution in [-0.2, 0) is 0 Å². The van der Waals surface area contributed by atoms with Crippen molar-refractivity contribution in [3.63, 3.8) is 0 Å². The Labute approximate surface area is 208 Å². The summed E-state index contributed by atoms with van der Waals surface area (Å²) >= 11 is 0. The molecule has 0 amide bonds. The lowest BCUT2D eigenvalue weighted by atomic mass is 10.0. The van der Waals surface area contributed by atoms with Crippen LogP contribution in [0.15, 0.2) is 48.8 Å². The zero-order valence-electron chi connectivity index (χ0n) is 20.6. The molecule has 184 valence electrons. The van der Waals surface area contributed by atoms with Crippen molar-refractivity contribution in [2.45, 2.75) is 57.4 Å². The predicted octanol–water partition coefficient (Wildman–Crippen LogP) is 5.30. The first-order valence-electron chi connectivity index (χ1n) is 13.3. The van der Waals surface area contributed by atoms with Gasteiger partial charge in [0.05, 0.1) is 11.2 Å². The molecule has 2 aromatic heterocycles. The fourth-order valence-electron chi connectivity index (χ4n) is 5.30. The summed E-state index contributed by atoms with van der Waals surface area (Å²) in [5.74, 6) is 0.237. The Morgan fingerprint density at radius 1 is 1.03 bits per heavy atom. The van der Waals surface area contributed by atoms with Crippen LogP contribution in [0.1, 0.15) is 61.7 Å². The molecule has 2 fully saturated rings. The average Bonchev–Trinajstić information content (AvgIpc) is 2.92. The molecule has 35 heavy (non-hydrogen) atoms. The van der Waals surface area contributed by atoms with E-state index in [9.17, 15) is 4.79 Å². The molecule has 0 atom stereocenters. The van der Waals surface area contributed by atoms with Gasteiger partial charge in [0, 0.05) is 47.1 Å². The largest absolute Gasteiger partial charge is 0.382 e. The van der Waals surface area contributed by atoms with E-state index in [1.807, 2.05) is 36.5 Å². The maximum absolute atomic E-state index is 12.7. The van der Waals surface area contributed by atoms with Gasteiger partial charge in [0.1, 0.15) is 0 Å². The molecule has 4 heterocycles. The molecule has 0 unspecified atom stereocenters. The number of carbonyl (C=O) groups is 1. The van der Waals surface area contributed by atoms with Crippen LogP contribution in [0.5, 0.6) is 0 Å². The molecule has 6 heteroatoms. The number of nitrogens with one attached hydrogen (secondary N) is 2. The summed E-state index contributed by atoms with van der Waals surface area (Å²) in [5.41, 5.74) is 4.76. The first-order chi connectivity index (χ1) is 17.3. The number of piperidine rings is 2. The summed E-state index contributed by atoms with van der Waals surface area (Å²) in [6, 6.07) is 12.5. The maximum Gasteiger partial charge on any atom is 0.162 e. The SMILES string of the molecule is O=C(CCCCN1CCCCC1)c1ccc(-c2cc(NC3CCNCC3)c3cnccc3n2)cc1. The molecule has 2 saturated heterocycles. The molecule has 2 N–H and O–H groups in total. The van der Waals surface area contributed by atoms with Gasteiger partial charge in [0.25, 0.3) is 0 Å². The Hall–Kier alpha value is -2.83. The van der Waals surface area contributed by atoms with Gasteiger partial charge in [-0.2, -0.15) is 0 Å². The molecule has 6 nitrogen and oxygen atoms in total. The third-order valence-electron chi connectivity index (χ3n) is 7.39. The van der Waals surface area contributed by atoms with Crippen LogP contribution in [0, 0.1) is 0 Å². The van der Waals surface area contributed by atoms with E-state index in [2.05, 4.69) is 26.6 Å². The number of benzene rings is 1. The first kappa shape index (κ1) is 23.9. The Bertz CT molecular complexity index is 1120. The highest BCUT2D eigenvalue weighted by Crippen LogP contribution is 2.29. The Morgan fingerprint density at radius 2 is 1.83 bits per heavy atom. The summed E-state index contributed by atoms with van der Waals surface area (Å²) in [5, 5.41) is 8.21. The van der Waals surface area contributed by atoms with Gasteiger partial charge in [-0.3, -0.25) is 9.78 Å². The van der Waals surface area contributed by atoms with Crippen LogP contribution >= 0.6 is 0 Å². The number of likely N-dealkylation sites (tertiary alicyclic amines) is 1. The summed E-state index contributed by atoms with van der Waals surface area (Å²) in [4.78, 5) is 24.5. The van der Waals surface area contributed by atoms with Crippen molar-refractivity contribution in [2.75, 3.05) is 38.0 Å². The monoisotopic (exact) mass is 471 g/mol. The van der Waals surface area contributed by atoms with Crippen LogP contribution in [0.3, 0.4) is 0 Å². The van der Waals surface area contributed by atoms with E-state index in [-0.39, 0.29) is 5.78 Å². The number of Topliss-reactive ketones (excluding diaryl/α,β-unsaturated/α-hetero) is 1. The van der Waals surface area contributed by atoms with Gasteiger partial charge in [-0.1, -0.05) is 30.7 Å². The molecule has 0 saturated carbocycles. The molecule has 0 spiro atoms. The summed E-state index contributed by atoms with van der Waals surface area (Å²) in [7, 11) is 0. The summed E-state index contributed by atoms with van der Waals surface area (Å²) in [6.45, 7) is 5.66. The fraction of sp³-hybridized carbons (Fsp3) is 0.483. The third kappa shape index (κ3) is 6.24. The smallest absolute Gasteiger partial charge is 0.162 e. The number of hydrogen-bond donors (Lipinski definition) is 2. The number of anilines is 1. The van der Waals surface area contributed by atoms with Gasteiger partial charge in [0.15, 0.2) is 5.78 Å². The highest BCUT2D eigenvalue weighted by molar-refractivity contribution is 5.97. The standard InChI is InChI=1S/C29H37N5O/c35-29(6-2-5-19-34-17-3-1-4-18-34)23-9-7-22(8-10-23)27-20-28(32-24-11-14-30-15-12-24)25-21-31-16-13-26(25)33-27/h7-10,13,16,20-21,24,30H,1-6,11-12,14-15,17-19H2,(H,32,33). The van der Waals surface area contributed by atoms with E-state index in [0.717, 1.165) is 78.7 Å². The number of unbranched alkanes of at least 4 members (excludes halogenated alkanes) is 1. The first-order valence-corrected chi connectivity index (χ1v) is 13.3. The molecule has 1 aromatic carbocycles. The van der Waals surface area contributed by atoms with Gasteiger partial charge in [-0.15, -0.1) is 0 Å². The average molecular weight is 472 g/mol. The zero-order chi connectivity index (χ0) is 23.9. The van der Waals surface area contributed by atoms with Crippen LogP contribution in [0.4, 0.5) is 5.69 Å². The van der Waals surface area contributed by atoms with E-state index < -0.39 is 0 Å². The van der Waals surface area contributed by atoms with Gasteiger partial charge < -0.3 is 15.5 Å². The highest BCUT2D eigenvalue weighted by atomic mass is 16.1. The topological polar surface area (TPSA) is 70.2 Å². The van der Waals surface area contributed by atoms with E-state index in [4.69, 9.17) is 4.98 Å². The van der Waals surface area contributed by atoms with Crippen molar-refractivity contribution in [3.8, 4) is 11.3 Å². The maximum atomic E-state index is 12.7. The minimum absolute atomic E-state index is 0.237. The van der Waals surface area contributed by atoms with Gasteiger partial charge >= 0.3 is 0 Å². The summed E-state index contributed by atoms with van der Waals surface area (Å²) < 4.78 is 0. The quantitative estimate of drug-likeness (QED) is 0.326. The molecule has 0 radical (unpaired) electrons. The van der Waals surface area contributed by atoms with Crippen LogP contribution in [0.2, 0.25) is 0 Å². The number of pyridine rings is 2. The summed E-state index contributed by atoms with van der Waals surface area (Å²) in [6.07, 6.45) is 12.6. The molecular formula is C29H37N5O. The number of hydrogen-bond acceptors (Lipinski definition) is 6. The van der Waals surface area contributed by atoms with E-state index in [1.54, 1.807) is 6.20 Å². The Kier molecular flexibility index (Phi) is 8.01. The molecular weight excluding hydrogens is 434 g/mol. The van der Waals surface area contributed by atoms with Crippen LogP contribution in [-0.4, -0.2) is 59.4 Å². The second-order valence-electron chi connectivity index (χ2n) is 9.98. The van der Waals surface area contributed by atoms with Crippen LogP contribution in [0.25, 0.3) is 22.2 Å². The second-order valence-corrected chi connectivity index (χ2v) is 9.98. The highest BCUT2D eigenvalue weighted by Gasteiger charge is 2.16. The lowest BCUT2D eigenvalue weighted by molar-refractivity contribution is 0.0977. The van der Waals surface area contributed by atoms with Crippen molar-refractivity contribution in [1.29, 1.82) is 0 Å². The van der Waals surface area contributed by atoms with Gasteiger partial charge in [0.2, 0.25) is 0 Å². The van der Waals surface area contributed by atoms with E-state index in [0.29, 0.717) is 12.5 Å². The lowest BCUT2D eigenvalue weighted by Crippen LogP contribution is -2.35. The normalized spacial score (nSPS) is 17.5. The van der Waals surface area contributed by atoms with Crippen molar-refractivity contribution >= 4 is 22.4 Å².